The number of carbonyl (C=O) groups excluding carboxylic acids is 2. The van der Waals surface area contributed by atoms with E-state index in [1.807, 2.05) is 53.4 Å². The van der Waals surface area contributed by atoms with Crippen molar-refractivity contribution in [3.05, 3.63) is 83.2 Å². The van der Waals surface area contributed by atoms with E-state index < -0.39 is 0 Å². The van der Waals surface area contributed by atoms with Crippen LogP contribution in [0.5, 0.6) is 5.75 Å². The van der Waals surface area contributed by atoms with Gasteiger partial charge in [-0.1, -0.05) is 0 Å². The van der Waals surface area contributed by atoms with Crippen LogP contribution in [0, 0.1) is 19.8 Å². The van der Waals surface area contributed by atoms with E-state index in [0.29, 0.717) is 37.1 Å². The molecule has 0 unspecified atom stereocenters. The molecule has 2 heterocycles. The Hall–Kier alpha value is -3.34. The average Bonchev–Trinajstić information content (AvgIpc) is 3.16. The number of benzene rings is 2. The van der Waals surface area contributed by atoms with Crippen LogP contribution >= 0.6 is 0 Å². The number of Topliss-reactive ketones (excluding diaryl/α,β-unsaturated/α-hetero) is 1. The minimum atomic E-state index is -0.0421. The molecule has 3 aromatic rings. The SMILES string of the molecule is COc1ccc(C(=O)C2CCN(C(=O)c3ccc(-n4c(C)ccc4C)cc3)CC2)cc1. The topological polar surface area (TPSA) is 51.5 Å². The Morgan fingerprint density at radius 3 is 1.90 bits per heavy atom. The lowest BCUT2D eigenvalue weighted by atomic mass is 9.88. The number of likely N-dealkylation sites (tertiary alicyclic amines) is 1. The summed E-state index contributed by atoms with van der Waals surface area (Å²) < 4.78 is 7.33. The number of ether oxygens (including phenoxy) is 1. The summed E-state index contributed by atoms with van der Waals surface area (Å²) in [6.07, 6.45) is 1.38. The number of hydrogen-bond acceptors (Lipinski definition) is 3. The van der Waals surface area contributed by atoms with Crippen molar-refractivity contribution in [1.82, 2.24) is 9.47 Å². The van der Waals surface area contributed by atoms with E-state index in [2.05, 4.69) is 30.5 Å². The fourth-order valence-electron chi connectivity index (χ4n) is 4.35. The molecule has 0 aliphatic carbocycles. The van der Waals surface area contributed by atoms with Gasteiger partial charge in [0.25, 0.3) is 5.91 Å². The molecular formula is C26H28N2O3. The molecule has 1 fully saturated rings. The van der Waals surface area contributed by atoms with Crippen LogP contribution in [-0.4, -0.2) is 41.4 Å². The largest absolute Gasteiger partial charge is 0.497 e. The number of hydrogen-bond donors (Lipinski definition) is 0. The van der Waals surface area contributed by atoms with Crippen LogP contribution in [0.2, 0.25) is 0 Å². The summed E-state index contributed by atoms with van der Waals surface area (Å²) in [6, 6.07) is 19.2. The first-order valence-electron chi connectivity index (χ1n) is 10.7. The molecule has 5 heteroatoms. The number of carbonyl (C=O) groups is 2. The molecule has 5 nitrogen and oxygen atoms in total. The Labute approximate surface area is 183 Å². The van der Waals surface area contributed by atoms with E-state index in [4.69, 9.17) is 4.74 Å². The van der Waals surface area contributed by atoms with Crippen LogP contribution in [-0.2, 0) is 0 Å². The van der Waals surface area contributed by atoms with Crippen molar-refractivity contribution < 1.29 is 14.3 Å². The highest BCUT2D eigenvalue weighted by atomic mass is 16.5. The summed E-state index contributed by atoms with van der Waals surface area (Å²) in [6.45, 7) is 5.35. The zero-order valence-electron chi connectivity index (χ0n) is 18.3. The van der Waals surface area contributed by atoms with Crippen LogP contribution < -0.4 is 4.74 Å². The quantitative estimate of drug-likeness (QED) is 0.560. The number of methoxy groups -OCH3 is 1. The number of amides is 1. The van der Waals surface area contributed by atoms with Crippen LogP contribution in [0.1, 0.15) is 44.9 Å². The maximum atomic E-state index is 13.0. The third-order valence-electron chi connectivity index (χ3n) is 6.17. The molecule has 0 saturated carbocycles. The maximum absolute atomic E-state index is 13.0. The zero-order chi connectivity index (χ0) is 22.0. The lowest BCUT2D eigenvalue weighted by Crippen LogP contribution is -2.40. The van der Waals surface area contributed by atoms with Crippen molar-refractivity contribution in [2.75, 3.05) is 20.2 Å². The van der Waals surface area contributed by atoms with Crippen molar-refractivity contribution in [2.24, 2.45) is 5.92 Å². The van der Waals surface area contributed by atoms with Gasteiger partial charge < -0.3 is 14.2 Å². The molecule has 0 radical (unpaired) electrons. The summed E-state index contributed by atoms with van der Waals surface area (Å²) in [7, 11) is 1.61. The van der Waals surface area contributed by atoms with Crippen LogP contribution in [0.25, 0.3) is 5.69 Å². The molecule has 4 rings (SSSR count). The molecular weight excluding hydrogens is 388 g/mol. The molecule has 1 aromatic heterocycles. The molecule has 1 amide bonds. The van der Waals surface area contributed by atoms with E-state index in [1.165, 1.54) is 11.4 Å². The van der Waals surface area contributed by atoms with Gasteiger partial charge in [0, 0.05) is 47.2 Å². The summed E-state index contributed by atoms with van der Waals surface area (Å²) in [5.41, 5.74) is 4.78. The molecule has 0 bridgehead atoms. The Balaban J connectivity index is 1.38. The molecule has 0 N–H and O–H groups in total. The van der Waals surface area contributed by atoms with Crippen molar-refractivity contribution in [1.29, 1.82) is 0 Å². The molecule has 2 aromatic carbocycles. The number of aromatic nitrogens is 1. The molecule has 1 aliphatic rings. The number of piperidine rings is 1. The number of rotatable bonds is 5. The second-order valence-electron chi connectivity index (χ2n) is 8.16. The van der Waals surface area contributed by atoms with E-state index >= 15 is 0 Å². The van der Waals surface area contributed by atoms with Gasteiger partial charge >= 0.3 is 0 Å². The molecule has 0 atom stereocenters. The van der Waals surface area contributed by atoms with Gasteiger partial charge in [-0.3, -0.25) is 9.59 Å². The minimum Gasteiger partial charge on any atom is -0.497 e. The fourth-order valence-corrected chi connectivity index (χ4v) is 4.35. The van der Waals surface area contributed by atoms with Crippen LogP contribution in [0.15, 0.2) is 60.7 Å². The standard InChI is InChI=1S/C26H28N2O3/c1-18-4-5-19(2)28(18)23-10-6-22(7-11-23)26(30)27-16-14-21(15-17-27)25(29)20-8-12-24(31-3)13-9-20/h4-13,21H,14-17H2,1-3H3. The highest BCUT2D eigenvalue weighted by Crippen LogP contribution is 2.25. The van der Waals surface area contributed by atoms with E-state index in [-0.39, 0.29) is 17.6 Å². The first-order valence-corrected chi connectivity index (χ1v) is 10.7. The molecule has 0 spiro atoms. The maximum Gasteiger partial charge on any atom is 0.253 e. The minimum absolute atomic E-state index is 0.0304. The van der Waals surface area contributed by atoms with Crippen LogP contribution in [0.3, 0.4) is 0 Å². The summed E-state index contributed by atoms with van der Waals surface area (Å²) in [5.74, 6) is 0.879. The van der Waals surface area contributed by atoms with Gasteiger partial charge in [0.15, 0.2) is 5.78 Å². The Kier molecular flexibility index (Phi) is 5.94. The first kappa shape index (κ1) is 20.9. The van der Waals surface area contributed by atoms with Gasteiger partial charge in [0.2, 0.25) is 0 Å². The Morgan fingerprint density at radius 1 is 0.806 bits per heavy atom. The summed E-state index contributed by atoms with van der Waals surface area (Å²) in [5, 5.41) is 0. The van der Waals surface area contributed by atoms with Crippen molar-refractivity contribution >= 4 is 11.7 Å². The average molecular weight is 417 g/mol. The third-order valence-corrected chi connectivity index (χ3v) is 6.17. The second-order valence-corrected chi connectivity index (χ2v) is 8.16. The molecule has 160 valence electrons. The number of aryl methyl sites for hydroxylation is 2. The molecule has 1 aliphatic heterocycles. The second kappa shape index (κ2) is 8.80. The summed E-state index contributed by atoms with van der Waals surface area (Å²) >= 11 is 0. The van der Waals surface area contributed by atoms with E-state index in [9.17, 15) is 9.59 Å². The molecule has 31 heavy (non-hydrogen) atoms. The van der Waals surface area contributed by atoms with E-state index in [1.54, 1.807) is 7.11 Å². The van der Waals surface area contributed by atoms with Gasteiger partial charge in [0.05, 0.1) is 7.11 Å². The highest BCUT2D eigenvalue weighted by molar-refractivity contribution is 5.98. The van der Waals surface area contributed by atoms with Gasteiger partial charge in [-0.2, -0.15) is 0 Å². The monoisotopic (exact) mass is 416 g/mol. The predicted molar refractivity (Wildman–Crippen MR) is 121 cm³/mol. The lowest BCUT2D eigenvalue weighted by Gasteiger charge is -2.31. The number of ketones is 1. The van der Waals surface area contributed by atoms with Gasteiger partial charge in [0.1, 0.15) is 5.75 Å². The first-order chi connectivity index (χ1) is 15.0. The normalized spacial score (nSPS) is 14.5. The van der Waals surface area contributed by atoms with Gasteiger partial charge in [-0.15, -0.1) is 0 Å². The van der Waals surface area contributed by atoms with E-state index in [0.717, 1.165) is 11.4 Å². The lowest BCUT2D eigenvalue weighted by molar-refractivity contribution is 0.0650. The Bertz CT molecular complexity index is 1050. The molecule has 1 saturated heterocycles. The van der Waals surface area contributed by atoms with Crippen LogP contribution in [0.4, 0.5) is 0 Å². The highest BCUT2D eigenvalue weighted by Gasteiger charge is 2.28. The Morgan fingerprint density at radius 2 is 1.35 bits per heavy atom. The van der Waals surface area contributed by atoms with Gasteiger partial charge in [-0.05, 0) is 87.4 Å². The van der Waals surface area contributed by atoms with Gasteiger partial charge in [-0.25, -0.2) is 0 Å². The predicted octanol–water partition coefficient (Wildman–Crippen LogP) is 4.84. The summed E-state index contributed by atoms with van der Waals surface area (Å²) in [4.78, 5) is 27.6. The van der Waals surface area contributed by atoms with Crippen molar-refractivity contribution in [2.45, 2.75) is 26.7 Å². The number of nitrogens with zero attached hydrogens (tertiary/aromatic N) is 2. The van der Waals surface area contributed by atoms with Crippen molar-refractivity contribution in [3.8, 4) is 11.4 Å². The smallest absolute Gasteiger partial charge is 0.253 e. The van der Waals surface area contributed by atoms with Crippen molar-refractivity contribution in [3.63, 3.8) is 0 Å². The third kappa shape index (κ3) is 4.26. The fraction of sp³-hybridized carbons (Fsp3) is 0.308. The zero-order valence-corrected chi connectivity index (χ0v) is 18.3.